The van der Waals surface area contributed by atoms with E-state index >= 15 is 0 Å². The van der Waals surface area contributed by atoms with Crippen molar-refractivity contribution in [3.63, 3.8) is 0 Å². The quantitative estimate of drug-likeness (QED) is 0.415. The number of fused-ring (bicyclic) bond motifs is 1. The number of rotatable bonds is 7. The van der Waals surface area contributed by atoms with Crippen LogP contribution in [0.15, 0.2) is 72.8 Å². The van der Waals surface area contributed by atoms with Gasteiger partial charge in [0.25, 0.3) is 0 Å². The highest BCUT2D eigenvalue weighted by Crippen LogP contribution is 2.27. The minimum absolute atomic E-state index is 0. The summed E-state index contributed by atoms with van der Waals surface area (Å²) in [5.41, 5.74) is 4.82. The van der Waals surface area contributed by atoms with E-state index < -0.39 is 12.1 Å². The minimum atomic E-state index is -0.925. The van der Waals surface area contributed by atoms with Gasteiger partial charge in [0.2, 0.25) is 0 Å². The number of aliphatic hydroxyl groups is 1. The van der Waals surface area contributed by atoms with Gasteiger partial charge >= 0.3 is 5.97 Å². The Bertz CT molecular complexity index is 1170. The van der Waals surface area contributed by atoms with Crippen molar-refractivity contribution < 1.29 is 15.0 Å². The van der Waals surface area contributed by atoms with Crippen molar-refractivity contribution in [1.82, 2.24) is 9.55 Å². The van der Waals surface area contributed by atoms with E-state index in [0.717, 1.165) is 46.4 Å². The Labute approximate surface area is 187 Å². The zero-order valence-corrected chi connectivity index (χ0v) is 18.0. The van der Waals surface area contributed by atoms with Crippen LogP contribution < -0.4 is 0 Å². The van der Waals surface area contributed by atoms with Crippen LogP contribution in [0.25, 0.3) is 11.0 Å². The lowest BCUT2D eigenvalue weighted by atomic mass is 10.0. The molecular weight excluding hydrogens is 412 g/mol. The topological polar surface area (TPSA) is 75.4 Å². The van der Waals surface area contributed by atoms with Crippen LogP contribution in [0.1, 0.15) is 52.3 Å². The highest BCUT2D eigenvalue weighted by atomic mass is 35.5. The number of carboxylic acid groups (broad SMARTS) is 1. The molecule has 0 saturated carbocycles. The smallest absolute Gasteiger partial charge is 0.335 e. The van der Waals surface area contributed by atoms with Crippen LogP contribution in [0.3, 0.4) is 0 Å². The van der Waals surface area contributed by atoms with E-state index in [1.807, 2.05) is 60.7 Å². The highest BCUT2D eigenvalue weighted by Gasteiger charge is 2.15. The van der Waals surface area contributed by atoms with Gasteiger partial charge in [-0.2, -0.15) is 0 Å². The van der Waals surface area contributed by atoms with Crippen LogP contribution in [0.5, 0.6) is 0 Å². The van der Waals surface area contributed by atoms with Crippen molar-refractivity contribution in [3.8, 4) is 0 Å². The largest absolute Gasteiger partial charge is 0.478 e. The predicted octanol–water partition coefficient (Wildman–Crippen LogP) is 5.24. The van der Waals surface area contributed by atoms with E-state index in [1.54, 1.807) is 12.1 Å². The predicted molar refractivity (Wildman–Crippen MR) is 124 cm³/mol. The van der Waals surface area contributed by atoms with Gasteiger partial charge in [-0.25, -0.2) is 9.78 Å². The Morgan fingerprint density at radius 3 is 2.35 bits per heavy atom. The Hall–Kier alpha value is -3.15. The van der Waals surface area contributed by atoms with Crippen molar-refractivity contribution in [3.05, 3.63) is 101 Å². The first-order valence-corrected chi connectivity index (χ1v) is 10.1. The summed E-state index contributed by atoms with van der Waals surface area (Å²) in [5.74, 6) is 0.0620. The third kappa shape index (κ3) is 4.79. The van der Waals surface area contributed by atoms with Gasteiger partial charge in [-0.15, -0.1) is 12.4 Å². The number of carbonyl (C=O) groups is 1. The maximum atomic E-state index is 11.1. The molecular formula is C25H25ClN2O3. The van der Waals surface area contributed by atoms with Gasteiger partial charge in [-0.3, -0.25) is 0 Å². The van der Waals surface area contributed by atoms with Crippen molar-refractivity contribution >= 4 is 29.4 Å². The number of aryl methyl sites for hydroxylation is 1. The fraction of sp³-hybridized carbons (Fsp3) is 0.200. The first-order valence-electron chi connectivity index (χ1n) is 10.1. The first-order chi connectivity index (χ1) is 14.6. The summed E-state index contributed by atoms with van der Waals surface area (Å²) >= 11 is 0. The maximum absolute atomic E-state index is 11.1. The molecule has 2 N–H and O–H groups in total. The van der Waals surface area contributed by atoms with E-state index in [4.69, 9.17) is 10.1 Å². The van der Waals surface area contributed by atoms with Gasteiger partial charge < -0.3 is 14.8 Å². The number of benzene rings is 3. The molecule has 0 radical (unpaired) electrons. The summed E-state index contributed by atoms with van der Waals surface area (Å²) in [4.78, 5) is 15.9. The van der Waals surface area contributed by atoms with Crippen molar-refractivity contribution in [2.75, 3.05) is 0 Å². The van der Waals surface area contributed by atoms with E-state index in [2.05, 4.69) is 11.5 Å². The number of aliphatic hydroxyl groups excluding tert-OH is 1. The number of halogens is 1. The zero-order chi connectivity index (χ0) is 21.1. The number of aromatic nitrogens is 2. The van der Waals surface area contributed by atoms with Crippen LogP contribution in [0.2, 0.25) is 0 Å². The molecule has 4 aromatic rings. The highest BCUT2D eigenvalue weighted by molar-refractivity contribution is 5.87. The van der Waals surface area contributed by atoms with Crippen molar-refractivity contribution in [1.29, 1.82) is 0 Å². The minimum Gasteiger partial charge on any atom is -0.478 e. The number of carboxylic acids is 1. The molecule has 31 heavy (non-hydrogen) atoms. The summed E-state index contributed by atoms with van der Waals surface area (Å²) in [6.07, 6.45) is 1.12. The van der Waals surface area contributed by atoms with E-state index in [1.165, 1.54) is 0 Å². The Morgan fingerprint density at radius 2 is 1.71 bits per heavy atom. The second kappa shape index (κ2) is 9.77. The molecule has 0 aliphatic carbocycles. The number of hydrogen-bond acceptors (Lipinski definition) is 3. The van der Waals surface area contributed by atoms with Crippen LogP contribution in [0, 0.1) is 0 Å². The monoisotopic (exact) mass is 436 g/mol. The van der Waals surface area contributed by atoms with E-state index in [-0.39, 0.29) is 18.0 Å². The standard InChI is InChI=1S/C25H24N2O3.ClH/c1-2-6-23-26-21-15-20(24(28)18-7-4-3-5-8-18)13-14-22(21)27(23)16-17-9-11-19(12-10-17)25(29)30;/h3-5,7-15,24,28H,2,6,16H2,1H3,(H,29,30);1H. The van der Waals surface area contributed by atoms with Crippen molar-refractivity contribution in [2.24, 2.45) is 0 Å². The summed E-state index contributed by atoms with van der Waals surface area (Å²) in [6, 6.07) is 22.5. The fourth-order valence-electron chi connectivity index (χ4n) is 3.72. The Kier molecular flexibility index (Phi) is 7.10. The number of nitrogens with zero attached hydrogens (tertiary/aromatic N) is 2. The maximum Gasteiger partial charge on any atom is 0.335 e. The van der Waals surface area contributed by atoms with Gasteiger partial charge in [-0.1, -0.05) is 55.5 Å². The van der Waals surface area contributed by atoms with Crippen LogP contribution >= 0.6 is 12.4 Å². The molecule has 5 nitrogen and oxygen atoms in total. The SMILES string of the molecule is CCCc1nc2cc(C(O)c3ccccc3)ccc2n1Cc1ccc(C(=O)O)cc1.Cl. The molecule has 1 atom stereocenters. The van der Waals surface area contributed by atoms with Crippen LogP contribution in [-0.2, 0) is 13.0 Å². The summed E-state index contributed by atoms with van der Waals surface area (Å²) < 4.78 is 2.17. The van der Waals surface area contributed by atoms with Crippen LogP contribution in [-0.4, -0.2) is 25.7 Å². The van der Waals surface area contributed by atoms with Gasteiger partial charge in [0.1, 0.15) is 11.9 Å². The van der Waals surface area contributed by atoms with E-state index in [0.29, 0.717) is 6.54 Å². The molecule has 160 valence electrons. The molecule has 0 aliphatic rings. The van der Waals surface area contributed by atoms with Gasteiger partial charge in [-0.05, 0) is 47.4 Å². The lowest BCUT2D eigenvalue weighted by Crippen LogP contribution is -2.06. The number of hydrogen-bond donors (Lipinski definition) is 2. The summed E-state index contributed by atoms with van der Waals surface area (Å²) in [7, 11) is 0. The Morgan fingerprint density at radius 1 is 1.00 bits per heavy atom. The molecule has 0 spiro atoms. The molecule has 4 rings (SSSR count). The lowest BCUT2D eigenvalue weighted by molar-refractivity contribution is 0.0697. The molecule has 1 unspecified atom stereocenters. The average Bonchev–Trinajstić information content (AvgIpc) is 3.10. The molecule has 1 heterocycles. The number of aromatic carboxylic acids is 1. The van der Waals surface area contributed by atoms with Crippen LogP contribution in [0.4, 0.5) is 0 Å². The Balaban J connectivity index is 0.00000272. The second-order valence-corrected chi connectivity index (χ2v) is 7.43. The van der Waals surface area contributed by atoms with Crippen molar-refractivity contribution in [2.45, 2.75) is 32.4 Å². The van der Waals surface area contributed by atoms with Gasteiger partial charge in [0.05, 0.1) is 16.6 Å². The normalized spacial score (nSPS) is 11.8. The average molecular weight is 437 g/mol. The molecule has 0 fully saturated rings. The second-order valence-electron chi connectivity index (χ2n) is 7.43. The number of imidazole rings is 1. The third-order valence-corrected chi connectivity index (χ3v) is 5.30. The fourth-order valence-corrected chi connectivity index (χ4v) is 3.72. The molecule has 3 aromatic carbocycles. The summed E-state index contributed by atoms with van der Waals surface area (Å²) in [5, 5.41) is 19.9. The summed E-state index contributed by atoms with van der Waals surface area (Å²) in [6.45, 7) is 2.74. The molecule has 0 amide bonds. The van der Waals surface area contributed by atoms with E-state index in [9.17, 15) is 9.90 Å². The van der Waals surface area contributed by atoms with Gasteiger partial charge in [0, 0.05) is 13.0 Å². The lowest BCUT2D eigenvalue weighted by Gasteiger charge is -2.12. The molecule has 0 saturated heterocycles. The zero-order valence-electron chi connectivity index (χ0n) is 17.2. The first kappa shape index (κ1) is 22.5. The molecule has 1 aromatic heterocycles. The molecule has 6 heteroatoms. The molecule has 0 bridgehead atoms. The third-order valence-electron chi connectivity index (χ3n) is 5.30. The molecule has 0 aliphatic heterocycles. The van der Waals surface area contributed by atoms with Gasteiger partial charge in [0.15, 0.2) is 0 Å².